The van der Waals surface area contributed by atoms with Crippen molar-refractivity contribution < 1.29 is 4.74 Å². The molecule has 0 unspecified atom stereocenters. The number of nitrogen functional groups attached to an aromatic ring is 2. The van der Waals surface area contributed by atoms with Gasteiger partial charge in [-0.2, -0.15) is 4.98 Å². The van der Waals surface area contributed by atoms with Crippen molar-refractivity contribution in [2.75, 3.05) is 18.1 Å². The van der Waals surface area contributed by atoms with Crippen molar-refractivity contribution >= 4 is 22.7 Å². The van der Waals surface area contributed by atoms with Gasteiger partial charge in [0.1, 0.15) is 11.6 Å². The van der Waals surface area contributed by atoms with E-state index in [4.69, 9.17) is 16.2 Å². The predicted octanol–water partition coefficient (Wildman–Crippen LogP) is 2.92. The first-order chi connectivity index (χ1) is 11.7. The van der Waals surface area contributed by atoms with E-state index in [9.17, 15) is 0 Å². The standard InChI is InChI=1S/C18H21N5O/c1-2-24-16-9-11(7-12-10-21-18(20)22-17(12)19)8-15-14(16)5-6-23(15)13-3-4-13/h5-6,8-10,13H,2-4,7H2,1H3,(H4,19,20,21,22). The molecule has 0 radical (unpaired) electrons. The van der Waals surface area contributed by atoms with Crippen LogP contribution in [0, 0.1) is 0 Å². The lowest BCUT2D eigenvalue weighted by atomic mass is 10.0. The molecule has 1 saturated carbocycles. The number of aromatic nitrogens is 3. The van der Waals surface area contributed by atoms with Crippen LogP contribution in [0.5, 0.6) is 5.75 Å². The molecule has 4 rings (SSSR count). The first kappa shape index (κ1) is 14.8. The Morgan fingerprint density at radius 1 is 1.29 bits per heavy atom. The zero-order valence-electron chi connectivity index (χ0n) is 13.7. The Balaban J connectivity index is 1.77. The summed E-state index contributed by atoms with van der Waals surface area (Å²) in [6.45, 7) is 2.64. The summed E-state index contributed by atoms with van der Waals surface area (Å²) < 4.78 is 8.22. The number of hydrogen-bond donors (Lipinski definition) is 2. The van der Waals surface area contributed by atoms with E-state index < -0.39 is 0 Å². The van der Waals surface area contributed by atoms with Gasteiger partial charge in [0.2, 0.25) is 5.95 Å². The van der Waals surface area contributed by atoms with Gasteiger partial charge in [-0.05, 0) is 43.5 Å². The van der Waals surface area contributed by atoms with Gasteiger partial charge in [-0.25, -0.2) is 4.98 Å². The fourth-order valence-electron chi connectivity index (χ4n) is 3.12. The van der Waals surface area contributed by atoms with Crippen molar-refractivity contribution in [3.05, 3.63) is 41.7 Å². The van der Waals surface area contributed by atoms with E-state index in [2.05, 4.69) is 38.9 Å². The molecule has 4 N–H and O–H groups in total. The molecule has 6 heteroatoms. The van der Waals surface area contributed by atoms with Gasteiger partial charge < -0.3 is 20.8 Å². The van der Waals surface area contributed by atoms with E-state index in [0.717, 1.165) is 22.3 Å². The van der Waals surface area contributed by atoms with Gasteiger partial charge >= 0.3 is 0 Å². The number of fused-ring (bicyclic) bond motifs is 1. The molecule has 1 aromatic carbocycles. The van der Waals surface area contributed by atoms with Crippen LogP contribution in [0.25, 0.3) is 10.9 Å². The Hall–Kier alpha value is -2.76. The van der Waals surface area contributed by atoms with Gasteiger partial charge in [-0.15, -0.1) is 0 Å². The van der Waals surface area contributed by atoms with Gasteiger partial charge in [-0.1, -0.05) is 0 Å². The number of ether oxygens (including phenoxy) is 1. The molecule has 24 heavy (non-hydrogen) atoms. The molecule has 1 aliphatic rings. The summed E-state index contributed by atoms with van der Waals surface area (Å²) in [5.41, 5.74) is 14.8. The summed E-state index contributed by atoms with van der Waals surface area (Å²) in [7, 11) is 0. The van der Waals surface area contributed by atoms with Crippen molar-refractivity contribution in [3.63, 3.8) is 0 Å². The van der Waals surface area contributed by atoms with Crippen LogP contribution in [0.2, 0.25) is 0 Å². The molecule has 124 valence electrons. The van der Waals surface area contributed by atoms with E-state index in [0.29, 0.717) is 24.9 Å². The number of hydrogen-bond acceptors (Lipinski definition) is 5. The molecule has 0 aliphatic heterocycles. The van der Waals surface area contributed by atoms with Crippen LogP contribution in [-0.2, 0) is 6.42 Å². The van der Waals surface area contributed by atoms with Crippen LogP contribution in [0.4, 0.5) is 11.8 Å². The molecule has 0 spiro atoms. The zero-order chi connectivity index (χ0) is 16.7. The van der Waals surface area contributed by atoms with Crippen LogP contribution in [0.1, 0.15) is 36.9 Å². The Morgan fingerprint density at radius 2 is 2.12 bits per heavy atom. The van der Waals surface area contributed by atoms with Crippen LogP contribution >= 0.6 is 0 Å². The minimum absolute atomic E-state index is 0.198. The van der Waals surface area contributed by atoms with Gasteiger partial charge in [0.25, 0.3) is 0 Å². The summed E-state index contributed by atoms with van der Waals surface area (Å²) in [6.07, 6.45) is 7.00. The van der Waals surface area contributed by atoms with E-state index >= 15 is 0 Å². The van der Waals surface area contributed by atoms with Crippen molar-refractivity contribution in [1.29, 1.82) is 0 Å². The predicted molar refractivity (Wildman–Crippen MR) is 95.0 cm³/mol. The minimum Gasteiger partial charge on any atom is -0.493 e. The average Bonchev–Trinajstić information content (AvgIpc) is 3.30. The highest BCUT2D eigenvalue weighted by atomic mass is 16.5. The van der Waals surface area contributed by atoms with Crippen molar-refractivity contribution in [2.24, 2.45) is 0 Å². The molecule has 1 aliphatic carbocycles. The second kappa shape index (κ2) is 5.70. The number of anilines is 2. The summed E-state index contributed by atoms with van der Waals surface area (Å²) in [5.74, 6) is 1.54. The Morgan fingerprint density at radius 3 is 2.83 bits per heavy atom. The third-order valence-electron chi connectivity index (χ3n) is 4.41. The molecule has 2 aromatic heterocycles. The topological polar surface area (TPSA) is 92.0 Å². The van der Waals surface area contributed by atoms with Gasteiger partial charge in [0.15, 0.2) is 0 Å². The molecule has 2 heterocycles. The summed E-state index contributed by atoms with van der Waals surface area (Å²) in [5, 5.41) is 1.16. The van der Waals surface area contributed by atoms with E-state index in [1.54, 1.807) is 6.20 Å². The molecular weight excluding hydrogens is 302 g/mol. The summed E-state index contributed by atoms with van der Waals surface area (Å²) >= 11 is 0. The van der Waals surface area contributed by atoms with E-state index in [-0.39, 0.29) is 5.95 Å². The fraction of sp³-hybridized carbons (Fsp3) is 0.333. The monoisotopic (exact) mass is 323 g/mol. The second-order valence-electron chi connectivity index (χ2n) is 6.23. The fourth-order valence-corrected chi connectivity index (χ4v) is 3.12. The van der Waals surface area contributed by atoms with Crippen molar-refractivity contribution in [1.82, 2.24) is 14.5 Å². The van der Waals surface area contributed by atoms with Crippen LogP contribution < -0.4 is 16.2 Å². The minimum atomic E-state index is 0.198. The van der Waals surface area contributed by atoms with Crippen LogP contribution in [0.3, 0.4) is 0 Å². The third kappa shape index (κ3) is 2.64. The maximum atomic E-state index is 5.98. The lowest BCUT2D eigenvalue weighted by Crippen LogP contribution is -2.04. The smallest absolute Gasteiger partial charge is 0.221 e. The number of benzene rings is 1. The average molecular weight is 323 g/mol. The number of nitrogens with zero attached hydrogens (tertiary/aromatic N) is 3. The quantitative estimate of drug-likeness (QED) is 0.753. The lowest BCUT2D eigenvalue weighted by Gasteiger charge is -2.11. The highest BCUT2D eigenvalue weighted by Gasteiger charge is 2.25. The molecule has 0 saturated heterocycles. The zero-order valence-corrected chi connectivity index (χ0v) is 13.7. The lowest BCUT2D eigenvalue weighted by molar-refractivity contribution is 0.344. The van der Waals surface area contributed by atoms with Crippen molar-refractivity contribution in [3.8, 4) is 5.75 Å². The molecule has 3 aromatic rings. The SMILES string of the molecule is CCOc1cc(Cc2cnc(N)nc2N)cc2c1ccn2C1CC1. The molecular formula is C18H21N5O. The van der Waals surface area contributed by atoms with Gasteiger partial charge in [0, 0.05) is 35.8 Å². The van der Waals surface area contributed by atoms with Crippen LogP contribution in [0.15, 0.2) is 30.6 Å². The highest BCUT2D eigenvalue weighted by molar-refractivity contribution is 5.87. The summed E-state index contributed by atoms with van der Waals surface area (Å²) in [4.78, 5) is 8.10. The second-order valence-corrected chi connectivity index (χ2v) is 6.23. The molecule has 0 atom stereocenters. The maximum absolute atomic E-state index is 5.98. The molecule has 0 bridgehead atoms. The summed E-state index contributed by atoms with van der Waals surface area (Å²) in [6, 6.07) is 7.06. The number of nitrogens with two attached hydrogens (primary N) is 2. The normalized spacial score (nSPS) is 14.2. The van der Waals surface area contributed by atoms with Gasteiger partial charge in [0.05, 0.1) is 12.1 Å². The van der Waals surface area contributed by atoms with Crippen LogP contribution in [-0.4, -0.2) is 21.1 Å². The first-order valence-corrected chi connectivity index (χ1v) is 8.29. The van der Waals surface area contributed by atoms with E-state index in [1.807, 2.05) is 6.92 Å². The molecule has 6 nitrogen and oxygen atoms in total. The Kier molecular flexibility index (Phi) is 3.52. The molecule has 0 amide bonds. The van der Waals surface area contributed by atoms with Crippen molar-refractivity contribution in [2.45, 2.75) is 32.2 Å². The Bertz CT molecular complexity index is 898. The number of rotatable bonds is 5. The van der Waals surface area contributed by atoms with E-state index in [1.165, 1.54) is 18.4 Å². The highest BCUT2D eigenvalue weighted by Crippen LogP contribution is 2.40. The first-order valence-electron chi connectivity index (χ1n) is 8.29. The largest absolute Gasteiger partial charge is 0.493 e. The van der Waals surface area contributed by atoms with Gasteiger partial charge in [-0.3, -0.25) is 0 Å². The maximum Gasteiger partial charge on any atom is 0.221 e. The third-order valence-corrected chi connectivity index (χ3v) is 4.41. The molecule has 1 fully saturated rings. The Labute approximate surface area is 140 Å².